The van der Waals surface area contributed by atoms with Crippen molar-refractivity contribution < 1.29 is 4.42 Å². The molecule has 0 aromatic carbocycles. The summed E-state index contributed by atoms with van der Waals surface area (Å²) in [6, 6.07) is 2.07. The molecule has 1 saturated carbocycles. The molecule has 0 spiro atoms. The Labute approximate surface area is 79.4 Å². The molecule has 1 aliphatic carbocycles. The Kier molecular flexibility index (Phi) is 2.21. The molecule has 1 unspecified atom stereocenters. The predicted molar refractivity (Wildman–Crippen MR) is 49.2 cm³/mol. The second-order valence-corrected chi connectivity index (χ2v) is 3.97. The highest BCUT2D eigenvalue weighted by molar-refractivity contribution is 9.10. The number of nitrogens with one attached hydrogen (secondary N) is 1. The normalized spacial score (nSPS) is 19.5. The van der Waals surface area contributed by atoms with E-state index in [1.165, 1.54) is 12.8 Å². The first-order valence-corrected chi connectivity index (χ1v) is 4.81. The van der Waals surface area contributed by atoms with Crippen LogP contribution in [0.15, 0.2) is 21.2 Å². The molecule has 66 valence electrons. The van der Waals surface area contributed by atoms with Gasteiger partial charge in [-0.05, 0) is 40.8 Å². The zero-order valence-corrected chi connectivity index (χ0v) is 8.17. The highest BCUT2D eigenvalue weighted by Crippen LogP contribution is 2.42. The van der Waals surface area contributed by atoms with Crippen LogP contribution in [0, 0.1) is 5.92 Å². The number of rotatable bonds is 3. The van der Waals surface area contributed by atoms with E-state index in [4.69, 9.17) is 10.3 Å². The lowest BCUT2D eigenvalue weighted by Gasteiger charge is -2.11. The van der Waals surface area contributed by atoms with Gasteiger partial charge >= 0.3 is 0 Å². The first-order valence-electron chi connectivity index (χ1n) is 4.02. The molecule has 0 amide bonds. The molecular formula is C8H11BrN2O. The molecule has 3 nitrogen and oxygen atoms in total. The molecule has 4 heteroatoms. The minimum absolute atomic E-state index is 0.175. The SMILES string of the molecule is NNC(c1occc1Br)C1CC1. The van der Waals surface area contributed by atoms with Gasteiger partial charge in [-0.2, -0.15) is 0 Å². The maximum Gasteiger partial charge on any atom is 0.136 e. The molecule has 0 saturated heterocycles. The monoisotopic (exact) mass is 230 g/mol. The molecule has 12 heavy (non-hydrogen) atoms. The molecule has 1 fully saturated rings. The molecule has 1 aliphatic rings. The fourth-order valence-corrected chi connectivity index (χ4v) is 1.83. The highest BCUT2D eigenvalue weighted by Gasteiger charge is 2.34. The number of hydrazine groups is 1. The Morgan fingerprint density at radius 3 is 2.83 bits per heavy atom. The number of hydrogen-bond donors (Lipinski definition) is 2. The lowest BCUT2D eigenvalue weighted by atomic mass is 10.1. The van der Waals surface area contributed by atoms with Crippen molar-refractivity contribution >= 4 is 15.9 Å². The van der Waals surface area contributed by atoms with Gasteiger partial charge in [0.2, 0.25) is 0 Å². The Bertz CT molecular complexity index is 270. The maximum atomic E-state index is 5.44. The van der Waals surface area contributed by atoms with Gasteiger partial charge in [-0.15, -0.1) is 0 Å². The number of nitrogens with two attached hydrogens (primary N) is 1. The van der Waals surface area contributed by atoms with Gasteiger partial charge in [-0.1, -0.05) is 0 Å². The summed E-state index contributed by atoms with van der Waals surface area (Å²) >= 11 is 3.41. The Morgan fingerprint density at radius 1 is 1.67 bits per heavy atom. The number of halogens is 1. The van der Waals surface area contributed by atoms with E-state index < -0.39 is 0 Å². The minimum Gasteiger partial charge on any atom is -0.466 e. The van der Waals surface area contributed by atoms with Crippen molar-refractivity contribution in [2.75, 3.05) is 0 Å². The van der Waals surface area contributed by atoms with Crippen molar-refractivity contribution in [1.29, 1.82) is 0 Å². The Balaban J connectivity index is 2.20. The summed E-state index contributed by atoms with van der Waals surface area (Å²) in [6.45, 7) is 0. The van der Waals surface area contributed by atoms with Gasteiger partial charge in [-0.3, -0.25) is 5.84 Å². The Morgan fingerprint density at radius 2 is 2.42 bits per heavy atom. The minimum atomic E-state index is 0.175. The van der Waals surface area contributed by atoms with Gasteiger partial charge in [0.05, 0.1) is 16.8 Å². The van der Waals surface area contributed by atoms with Gasteiger partial charge in [0, 0.05) is 0 Å². The van der Waals surface area contributed by atoms with Crippen LogP contribution in [0.25, 0.3) is 0 Å². The maximum absolute atomic E-state index is 5.44. The molecule has 1 aromatic rings. The molecule has 1 atom stereocenters. The van der Waals surface area contributed by atoms with Crippen molar-refractivity contribution in [3.8, 4) is 0 Å². The van der Waals surface area contributed by atoms with E-state index in [9.17, 15) is 0 Å². The molecular weight excluding hydrogens is 220 g/mol. The topological polar surface area (TPSA) is 51.2 Å². The van der Waals surface area contributed by atoms with Gasteiger partial charge in [0.25, 0.3) is 0 Å². The van der Waals surface area contributed by atoms with E-state index in [-0.39, 0.29) is 6.04 Å². The fourth-order valence-electron chi connectivity index (χ4n) is 1.38. The lowest BCUT2D eigenvalue weighted by molar-refractivity contribution is 0.386. The lowest BCUT2D eigenvalue weighted by Crippen LogP contribution is -2.29. The summed E-state index contributed by atoms with van der Waals surface area (Å²) in [5.41, 5.74) is 2.78. The van der Waals surface area contributed by atoms with Crippen LogP contribution in [0.5, 0.6) is 0 Å². The van der Waals surface area contributed by atoms with E-state index in [1.54, 1.807) is 6.26 Å². The van der Waals surface area contributed by atoms with Crippen LogP contribution in [0.2, 0.25) is 0 Å². The average molecular weight is 231 g/mol. The third-order valence-corrected chi connectivity index (χ3v) is 2.86. The van der Waals surface area contributed by atoms with E-state index in [0.717, 1.165) is 10.2 Å². The van der Waals surface area contributed by atoms with E-state index in [1.807, 2.05) is 6.07 Å². The largest absolute Gasteiger partial charge is 0.466 e. The second-order valence-electron chi connectivity index (χ2n) is 3.11. The van der Waals surface area contributed by atoms with Gasteiger partial charge in [0.1, 0.15) is 5.76 Å². The van der Waals surface area contributed by atoms with Crippen molar-refractivity contribution in [2.45, 2.75) is 18.9 Å². The molecule has 1 aromatic heterocycles. The quantitative estimate of drug-likeness (QED) is 0.617. The third-order valence-electron chi connectivity index (χ3n) is 2.20. The summed E-state index contributed by atoms with van der Waals surface area (Å²) in [5.74, 6) is 7.01. The summed E-state index contributed by atoms with van der Waals surface area (Å²) in [6.07, 6.45) is 4.15. The molecule has 0 aliphatic heterocycles. The highest BCUT2D eigenvalue weighted by atomic mass is 79.9. The van der Waals surface area contributed by atoms with E-state index in [0.29, 0.717) is 5.92 Å². The van der Waals surface area contributed by atoms with Crippen molar-refractivity contribution in [2.24, 2.45) is 11.8 Å². The standard InChI is InChI=1S/C8H11BrN2O/c9-6-3-4-12-8(6)7(11-10)5-1-2-5/h3-5,7,11H,1-2,10H2. The second kappa shape index (κ2) is 3.20. The predicted octanol–water partition coefficient (Wildman–Crippen LogP) is 1.96. The molecule has 1 heterocycles. The molecule has 0 radical (unpaired) electrons. The zero-order valence-electron chi connectivity index (χ0n) is 6.59. The number of hydrogen-bond acceptors (Lipinski definition) is 3. The average Bonchev–Trinajstić information content (AvgIpc) is 2.80. The third kappa shape index (κ3) is 1.42. The summed E-state index contributed by atoms with van der Waals surface area (Å²) in [4.78, 5) is 0. The van der Waals surface area contributed by atoms with Gasteiger partial charge < -0.3 is 4.42 Å². The van der Waals surface area contributed by atoms with Crippen LogP contribution in [0.3, 0.4) is 0 Å². The summed E-state index contributed by atoms with van der Waals surface area (Å²) < 4.78 is 6.33. The smallest absolute Gasteiger partial charge is 0.136 e. The van der Waals surface area contributed by atoms with E-state index in [2.05, 4.69) is 21.4 Å². The first kappa shape index (κ1) is 8.29. The van der Waals surface area contributed by atoms with Gasteiger partial charge in [-0.25, -0.2) is 5.43 Å². The van der Waals surface area contributed by atoms with Crippen LogP contribution in [0.1, 0.15) is 24.6 Å². The van der Waals surface area contributed by atoms with Crippen LogP contribution in [-0.4, -0.2) is 0 Å². The van der Waals surface area contributed by atoms with Crippen molar-refractivity contribution in [1.82, 2.24) is 5.43 Å². The summed E-state index contributed by atoms with van der Waals surface area (Å²) in [5, 5.41) is 0. The summed E-state index contributed by atoms with van der Waals surface area (Å²) in [7, 11) is 0. The number of furan rings is 1. The van der Waals surface area contributed by atoms with Crippen molar-refractivity contribution in [3.05, 3.63) is 22.6 Å². The van der Waals surface area contributed by atoms with E-state index >= 15 is 0 Å². The Hall–Kier alpha value is -0.320. The molecule has 2 rings (SSSR count). The van der Waals surface area contributed by atoms with Crippen molar-refractivity contribution in [3.63, 3.8) is 0 Å². The van der Waals surface area contributed by atoms with Crippen LogP contribution in [-0.2, 0) is 0 Å². The van der Waals surface area contributed by atoms with Gasteiger partial charge in [0.15, 0.2) is 0 Å². The molecule has 3 N–H and O–H groups in total. The molecule has 0 bridgehead atoms. The van der Waals surface area contributed by atoms with Crippen LogP contribution >= 0.6 is 15.9 Å². The zero-order chi connectivity index (χ0) is 8.55. The van der Waals surface area contributed by atoms with Crippen LogP contribution in [0.4, 0.5) is 0 Å². The first-order chi connectivity index (χ1) is 5.83. The van der Waals surface area contributed by atoms with Crippen LogP contribution < -0.4 is 11.3 Å². The fraction of sp³-hybridized carbons (Fsp3) is 0.500.